The summed E-state index contributed by atoms with van der Waals surface area (Å²) in [5.74, 6) is 0.136. The molecule has 0 amide bonds. The molecule has 552 valence electrons. The lowest BCUT2D eigenvalue weighted by atomic mass is 10.0. The van der Waals surface area contributed by atoms with Crippen molar-refractivity contribution in [1.29, 1.82) is 0 Å². The summed E-state index contributed by atoms with van der Waals surface area (Å²) in [6.07, 6.45) is 50.0. The summed E-state index contributed by atoms with van der Waals surface area (Å²) in [5.41, 5.74) is 0. The lowest BCUT2D eigenvalue weighted by Gasteiger charge is -2.21. The molecule has 0 fully saturated rings. The van der Waals surface area contributed by atoms with Crippen LogP contribution in [0.4, 0.5) is 0 Å². The molecule has 0 aliphatic rings. The van der Waals surface area contributed by atoms with Crippen molar-refractivity contribution in [2.45, 2.75) is 394 Å². The molecule has 0 rings (SSSR count). The number of hydrogen-bond acceptors (Lipinski definition) is 15. The largest absolute Gasteiger partial charge is 0.472 e. The topological polar surface area (TPSA) is 237 Å². The highest BCUT2D eigenvalue weighted by Crippen LogP contribution is 2.45. The molecule has 3 N–H and O–H groups in total. The molecule has 17 nitrogen and oxygen atoms in total. The first-order chi connectivity index (χ1) is 44.7. The average molecular weight is 1370 g/mol. The van der Waals surface area contributed by atoms with Crippen LogP contribution < -0.4 is 0 Å². The van der Waals surface area contributed by atoms with Gasteiger partial charge in [0, 0.05) is 25.7 Å². The van der Waals surface area contributed by atoms with Crippen molar-refractivity contribution < 1.29 is 80.2 Å². The number of carbonyl (C=O) groups is 4. The van der Waals surface area contributed by atoms with Crippen molar-refractivity contribution in [1.82, 2.24) is 0 Å². The first-order valence-electron chi connectivity index (χ1n) is 38.3. The molecule has 19 heteroatoms. The summed E-state index contributed by atoms with van der Waals surface area (Å²) in [6, 6.07) is 0. The van der Waals surface area contributed by atoms with E-state index in [1.54, 1.807) is 0 Å². The van der Waals surface area contributed by atoms with Crippen LogP contribution in [0, 0.1) is 17.8 Å². The van der Waals surface area contributed by atoms with Gasteiger partial charge in [-0.15, -0.1) is 0 Å². The third kappa shape index (κ3) is 68.4. The fourth-order valence-corrected chi connectivity index (χ4v) is 12.8. The van der Waals surface area contributed by atoms with Crippen LogP contribution in [0.25, 0.3) is 0 Å². The molecule has 0 heterocycles. The number of unbranched alkanes of at least 4 members (excludes halogenated alkanes) is 40. The third-order valence-corrected chi connectivity index (χ3v) is 19.0. The van der Waals surface area contributed by atoms with Crippen LogP contribution in [-0.2, 0) is 65.4 Å². The Hall–Kier alpha value is -1.94. The first kappa shape index (κ1) is 91.1. The Labute approximate surface area is 568 Å². The quantitative estimate of drug-likeness (QED) is 0.0222. The van der Waals surface area contributed by atoms with Crippen LogP contribution in [0.2, 0.25) is 0 Å². The summed E-state index contributed by atoms with van der Waals surface area (Å²) < 4.78 is 68.4. The highest BCUT2D eigenvalue weighted by Gasteiger charge is 2.30. The monoisotopic (exact) mass is 1370 g/mol. The molecule has 0 saturated carbocycles. The van der Waals surface area contributed by atoms with Gasteiger partial charge in [-0.2, -0.15) is 0 Å². The molecule has 0 aliphatic heterocycles. The molecule has 0 bridgehead atoms. The normalized spacial score (nSPS) is 14.1. The van der Waals surface area contributed by atoms with E-state index >= 15 is 0 Å². The molecule has 2 unspecified atom stereocenters. The minimum atomic E-state index is -4.96. The molecule has 0 aromatic heterocycles. The molecular formula is C74H144O17P2. The lowest BCUT2D eigenvalue weighted by molar-refractivity contribution is -0.161. The maximum Gasteiger partial charge on any atom is 0.472 e. The van der Waals surface area contributed by atoms with Crippen molar-refractivity contribution in [3.8, 4) is 0 Å². The van der Waals surface area contributed by atoms with Crippen molar-refractivity contribution >= 4 is 39.5 Å². The van der Waals surface area contributed by atoms with E-state index in [4.69, 9.17) is 37.0 Å². The van der Waals surface area contributed by atoms with E-state index in [0.717, 1.165) is 108 Å². The molecule has 0 aromatic rings. The maximum atomic E-state index is 13.1. The van der Waals surface area contributed by atoms with E-state index in [0.29, 0.717) is 31.6 Å². The fourth-order valence-electron chi connectivity index (χ4n) is 11.2. The molecule has 93 heavy (non-hydrogen) atoms. The van der Waals surface area contributed by atoms with E-state index in [1.807, 2.05) is 0 Å². The van der Waals surface area contributed by atoms with Gasteiger partial charge in [-0.3, -0.25) is 37.3 Å². The number of rotatable bonds is 72. The van der Waals surface area contributed by atoms with E-state index in [1.165, 1.54) is 180 Å². The zero-order chi connectivity index (χ0) is 68.7. The number of carbonyl (C=O) groups excluding carboxylic acids is 4. The second kappa shape index (κ2) is 64.7. The van der Waals surface area contributed by atoms with Gasteiger partial charge in [-0.1, -0.05) is 325 Å². The van der Waals surface area contributed by atoms with Crippen LogP contribution in [0.1, 0.15) is 376 Å². The fraction of sp³-hybridized carbons (Fsp3) is 0.946. The predicted octanol–water partition coefficient (Wildman–Crippen LogP) is 21.4. The standard InChI is InChI=1S/C74H144O17P2/c1-8-9-10-11-12-13-14-23-29-34-43-50-57-73(78)91-70(62-85-72(77)56-49-42-37-36-40-47-54-67(6)7)64-89-93(82,83)87-60-68(75)59-86-92(80,81)88-63-69(61-84-71(76)55-48-41-33-28-24-20-19-22-27-32-39-46-53-66(4)5)90-74(79)58-51-44-35-30-25-18-16-15-17-21-26-31-38-45-52-65(2)3/h65-70,75H,8-64H2,1-7H3,(H,80,81)(H,82,83)/t68-,69-,70-/m1/s1. The van der Waals surface area contributed by atoms with Crippen molar-refractivity contribution in [3.05, 3.63) is 0 Å². The zero-order valence-electron chi connectivity index (χ0n) is 60.7. The van der Waals surface area contributed by atoms with Gasteiger partial charge >= 0.3 is 39.5 Å². The Morgan fingerprint density at radius 3 is 0.731 bits per heavy atom. The lowest BCUT2D eigenvalue weighted by Crippen LogP contribution is -2.30. The Morgan fingerprint density at radius 2 is 0.495 bits per heavy atom. The van der Waals surface area contributed by atoms with Gasteiger partial charge < -0.3 is 33.8 Å². The smallest absolute Gasteiger partial charge is 0.462 e. The van der Waals surface area contributed by atoms with Crippen molar-refractivity contribution in [2.75, 3.05) is 39.6 Å². The summed E-state index contributed by atoms with van der Waals surface area (Å²) in [6.45, 7) is 11.8. The number of esters is 4. The van der Waals surface area contributed by atoms with Crippen molar-refractivity contribution in [3.63, 3.8) is 0 Å². The summed E-state index contributed by atoms with van der Waals surface area (Å²) in [7, 11) is -9.91. The van der Waals surface area contributed by atoms with Gasteiger partial charge in [0.1, 0.15) is 19.3 Å². The van der Waals surface area contributed by atoms with Crippen LogP contribution in [0.15, 0.2) is 0 Å². The Bertz CT molecular complexity index is 1820. The second-order valence-corrected chi connectivity index (χ2v) is 31.0. The third-order valence-electron chi connectivity index (χ3n) is 17.1. The van der Waals surface area contributed by atoms with Crippen LogP contribution in [-0.4, -0.2) is 96.7 Å². The summed E-state index contributed by atoms with van der Waals surface area (Å²) in [4.78, 5) is 72.7. The van der Waals surface area contributed by atoms with E-state index in [2.05, 4.69) is 48.5 Å². The van der Waals surface area contributed by atoms with Crippen LogP contribution >= 0.6 is 15.6 Å². The number of ether oxygens (including phenoxy) is 4. The van der Waals surface area contributed by atoms with Crippen LogP contribution in [0.3, 0.4) is 0 Å². The number of aliphatic hydroxyl groups excluding tert-OH is 1. The molecule has 0 aliphatic carbocycles. The Balaban J connectivity index is 5.24. The molecule has 0 spiro atoms. The van der Waals surface area contributed by atoms with Gasteiger partial charge in [0.2, 0.25) is 0 Å². The van der Waals surface area contributed by atoms with Crippen molar-refractivity contribution in [2.24, 2.45) is 17.8 Å². The van der Waals surface area contributed by atoms with Gasteiger partial charge in [0.25, 0.3) is 0 Å². The molecular weight excluding hydrogens is 1220 g/mol. The van der Waals surface area contributed by atoms with E-state index in [9.17, 15) is 43.2 Å². The van der Waals surface area contributed by atoms with Gasteiger partial charge in [-0.05, 0) is 43.4 Å². The summed E-state index contributed by atoms with van der Waals surface area (Å²) >= 11 is 0. The molecule has 0 aromatic carbocycles. The SMILES string of the molecule is CCCCCCCCCCCCCCC(=O)O[C@H](COC(=O)CCCCCCCCC(C)C)COP(=O)(O)OC[C@H](O)COP(=O)(O)OC[C@@H](COC(=O)CCCCCCCCCCCCCCC(C)C)OC(=O)CCCCCCCCCCCCCCCCC(C)C. The maximum absolute atomic E-state index is 13.1. The van der Waals surface area contributed by atoms with E-state index < -0.39 is 97.5 Å². The molecule has 0 radical (unpaired) electrons. The van der Waals surface area contributed by atoms with E-state index in [-0.39, 0.29) is 25.7 Å². The highest BCUT2D eigenvalue weighted by molar-refractivity contribution is 7.47. The number of phosphoric ester groups is 2. The minimum Gasteiger partial charge on any atom is -0.462 e. The molecule has 5 atom stereocenters. The minimum absolute atomic E-state index is 0.106. The van der Waals surface area contributed by atoms with Gasteiger partial charge in [0.15, 0.2) is 12.2 Å². The Kier molecular flexibility index (Phi) is 63.4. The average Bonchev–Trinajstić information content (AvgIpc) is 1.99. The highest BCUT2D eigenvalue weighted by atomic mass is 31.2. The number of phosphoric acid groups is 2. The second-order valence-electron chi connectivity index (χ2n) is 28.1. The predicted molar refractivity (Wildman–Crippen MR) is 377 cm³/mol. The summed E-state index contributed by atoms with van der Waals surface area (Å²) in [5, 5.41) is 10.6. The van der Waals surface area contributed by atoms with Gasteiger partial charge in [0.05, 0.1) is 26.4 Å². The zero-order valence-corrected chi connectivity index (χ0v) is 62.5. The number of hydrogen-bond donors (Lipinski definition) is 3. The van der Waals surface area contributed by atoms with Crippen LogP contribution in [0.5, 0.6) is 0 Å². The molecule has 0 saturated heterocycles. The Morgan fingerprint density at radius 1 is 0.290 bits per heavy atom. The number of aliphatic hydroxyl groups is 1. The van der Waals surface area contributed by atoms with Gasteiger partial charge in [-0.25, -0.2) is 9.13 Å². The first-order valence-corrected chi connectivity index (χ1v) is 41.3.